The molecule has 0 spiro atoms. The molecule has 5 nitrogen and oxygen atoms in total. The predicted octanol–water partition coefficient (Wildman–Crippen LogP) is 4.84. The number of benzene rings is 2. The average molecular weight is 388 g/mol. The van der Waals surface area contributed by atoms with Crippen LogP contribution in [-0.4, -0.2) is 13.4 Å². The SMILES string of the molecule is CCc1ccc(Nc2ccc(NS(=O)(=O)c3cccc(Cl)c3)cn2)cc1. The molecule has 0 bridgehead atoms. The van der Waals surface area contributed by atoms with E-state index in [1.807, 2.05) is 12.1 Å². The van der Waals surface area contributed by atoms with Gasteiger partial charge in [0.2, 0.25) is 0 Å². The average Bonchev–Trinajstić information content (AvgIpc) is 2.64. The van der Waals surface area contributed by atoms with Crippen molar-refractivity contribution in [2.45, 2.75) is 18.2 Å². The van der Waals surface area contributed by atoms with Gasteiger partial charge in [-0.15, -0.1) is 0 Å². The van der Waals surface area contributed by atoms with Gasteiger partial charge < -0.3 is 5.32 Å². The van der Waals surface area contributed by atoms with Crippen LogP contribution in [0.3, 0.4) is 0 Å². The molecule has 134 valence electrons. The molecule has 3 rings (SSSR count). The molecule has 0 fully saturated rings. The highest BCUT2D eigenvalue weighted by atomic mass is 35.5. The first-order chi connectivity index (χ1) is 12.5. The molecule has 1 heterocycles. The highest BCUT2D eigenvalue weighted by Gasteiger charge is 2.14. The van der Waals surface area contributed by atoms with Gasteiger partial charge in [0.05, 0.1) is 16.8 Å². The number of sulfonamides is 1. The number of pyridine rings is 1. The van der Waals surface area contributed by atoms with Crippen LogP contribution in [-0.2, 0) is 16.4 Å². The van der Waals surface area contributed by atoms with E-state index in [-0.39, 0.29) is 4.90 Å². The fourth-order valence-corrected chi connectivity index (χ4v) is 3.69. The number of hydrogen-bond donors (Lipinski definition) is 2. The van der Waals surface area contributed by atoms with Crippen LogP contribution < -0.4 is 10.0 Å². The number of rotatable bonds is 6. The Morgan fingerprint density at radius 1 is 1.00 bits per heavy atom. The molecule has 0 unspecified atom stereocenters. The molecule has 0 aliphatic carbocycles. The molecule has 0 amide bonds. The summed E-state index contributed by atoms with van der Waals surface area (Å²) >= 11 is 5.86. The van der Waals surface area contributed by atoms with Gasteiger partial charge in [-0.1, -0.05) is 36.7 Å². The summed E-state index contributed by atoms with van der Waals surface area (Å²) in [6.45, 7) is 2.10. The van der Waals surface area contributed by atoms with E-state index in [0.717, 1.165) is 12.1 Å². The number of nitrogens with one attached hydrogen (secondary N) is 2. The van der Waals surface area contributed by atoms with Gasteiger partial charge in [-0.3, -0.25) is 4.72 Å². The van der Waals surface area contributed by atoms with Crippen LogP contribution in [0, 0.1) is 0 Å². The fraction of sp³-hybridized carbons (Fsp3) is 0.105. The highest BCUT2D eigenvalue weighted by molar-refractivity contribution is 7.92. The Labute approximate surface area is 158 Å². The van der Waals surface area contributed by atoms with Crippen molar-refractivity contribution < 1.29 is 8.42 Å². The van der Waals surface area contributed by atoms with Gasteiger partial charge in [-0.2, -0.15) is 0 Å². The second kappa shape index (κ2) is 7.76. The predicted molar refractivity (Wildman–Crippen MR) is 106 cm³/mol. The summed E-state index contributed by atoms with van der Waals surface area (Å²) in [6, 6.07) is 17.5. The molecular formula is C19H18ClN3O2S. The zero-order valence-electron chi connectivity index (χ0n) is 14.1. The summed E-state index contributed by atoms with van der Waals surface area (Å²) in [5.41, 5.74) is 2.55. The Hall–Kier alpha value is -2.57. The molecule has 0 aliphatic heterocycles. The van der Waals surface area contributed by atoms with Gasteiger partial charge in [0, 0.05) is 10.7 Å². The molecule has 0 saturated carbocycles. The van der Waals surface area contributed by atoms with Gasteiger partial charge in [-0.25, -0.2) is 13.4 Å². The van der Waals surface area contributed by atoms with E-state index in [4.69, 9.17) is 11.6 Å². The van der Waals surface area contributed by atoms with E-state index in [9.17, 15) is 8.42 Å². The quantitative estimate of drug-likeness (QED) is 0.634. The third-order valence-corrected chi connectivity index (χ3v) is 5.37. The number of halogens is 1. The molecule has 26 heavy (non-hydrogen) atoms. The molecular weight excluding hydrogens is 370 g/mol. The van der Waals surface area contributed by atoms with Crippen molar-refractivity contribution in [2.24, 2.45) is 0 Å². The van der Waals surface area contributed by atoms with Crippen molar-refractivity contribution >= 4 is 38.8 Å². The normalized spacial score (nSPS) is 11.2. The number of nitrogens with zero attached hydrogens (tertiary/aromatic N) is 1. The molecule has 0 saturated heterocycles. The summed E-state index contributed by atoms with van der Waals surface area (Å²) in [4.78, 5) is 4.35. The molecule has 0 aliphatic rings. The highest BCUT2D eigenvalue weighted by Crippen LogP contribution is 2.21. The van der Waals surface area contributed by atoms with Crippen molar-refractivity contribution in [3.05, 3.63) is 77.4 Å². The van der Waals surface area contributed by atoms with E-state index in [1.54, 1.807) is 24.3 Å². The third kappa shape index (κ3) is 4.53. The van der Waals surface area contributed by atoms with Gasteiger partial charge >= 0.3 is 0 Å². The maximum Gasteiger partial charge on any atom is 0.261 e. The summed E-state index contributed by atoms with van der Waals surface area (Å²) in [5.74, 6) is 0.625. The third-order valence-electron chi connectivity index (χ3n) is 3.76. The Morgan fingerprint density at radius 3 is 2.35 bits per heavy atom. The zero-order valence-corrected chi connectivity index (χ0v) is 15.7. The molecule has 1 aromatic heterocycles. The standard InChI is InChI=1S/C19H18ClN3O2S/c1-2-14-6-8-16(9-7-14)22-19-11-10-17(13-21-19)23-26(24,25)18-5-3-4-15(20)12-18/h3-13,23H,2H2,1H3,(H,21,22). The van der Waals surface area contributed by atoms with E-state index < -0.39 is 10.0 Å². The van der Waals surface area contributed by atoms with Crippen molar-refractivity contribution in [3.8, 4) is 0 Å². The van der Waals surface area contributed by atoms with Gasteiger partial charge in [0.1, 0.15) is 5.82 Å². The largest absolute Gasteiger partial charge is 0.340 e. The van der Waals surface area contributed by atoms with E-state index >= 15 is 0 Å². The lowest BCUT2D eigenvalue weighted by molar-refractivity contribution is 0.601. The number of anilines is 3. The maximum absolute atomic E-state index is 12.4. The minimum absolute atomic E-state index is 0.100. The molecule has 2 aromatic carbocycles. The first kappa shape index (κ1) is 18.2. The summed E-state index contributed by atoms with van der Waals surface area (Å²) < 4.78 is 27.2. The molecule has 3 aromatic rings. The Bertz CT molecular complexity index is 988. The minimum atomic E-state index is -3.71. The first-order valence-electron chi connectivity index (χ1n) is 8.07. The van der Waals surface area contributed by atoms with Crippen LogP contribution in [0.25, 0.3) is 0 Å². The second-order valence-electron chi connectivity index (χ2n) is 5.67. The topological polar surface area (TPSA) is 71.1 Å². The van der Waals surface area contributed by atoms with E-state index in [1.165, 1.54) is 23.9 Å². The molecule has 0 radical (unpaired) electrons. The number of aromatic nitrogens is 1. The van der Waals surface area contributed by atoms with Crippen LogP contribution in [0.2, 0.25) is 5.02 Å². The summed E-state index contributed by atoms with van der Waals surface area (Å²) in [6.07, 6.45) is 2.45. The summed E-state index contributed by atoms with van der Waals surface area (Å²) in [7, 11) is -3.71. The Morgan fingerprint density at radius 2 is 1.73 bits per heavy atom. The van der Waals surface area contributed by atoms with E-state index in [0.29, 0.717) is 16.5 Å². The van der Waals surface area contributed by atoms with Crippen molar-refractivity contribution in [2.75, 3.05) is 10.0 Å². The van der Waals surface area contributed by atoms with Crippen molar-refractivity contribution in [3.63, 3.8) is 0 Å². The lowest BCUT2D eigenvalue weighted by Gasteiger charge is -2.10. The maximum atomic E-state index is 12.4. The molecule has 2 N–H and O–H groups in total. The first-order valence-corrected chi connectivity index (χ1v) is 9.93. The van der Waals surface area contributed by atoms with Crippen LogP contribution in [0.5, 0.6) is 0 Å². The monoisotopic (exact) mass is 387 g/mol. The van der Waals surface area contributed by atoms with Gasteiger partial charge in [-0.05, 0) is 54.4 Å². The molecule has 7 heteroatoms. The Balaban J connectivity index is 1.71. The van der Waals surface area contributed by atoms with Crippen molar-refractivity contribution in [1.82, 2.24) is 4.98 Å². The van der Waals surface area contributed by atoms with Crippen LogP contribution in [0.1, 0.15) is 12.5 Å². The Kier molecular flexibility index (Phi) is 5.44. The fourth-order valence-electron chi connectivity index (χ4n) is 2.35. The van der Waals surface area contributed by atoms with Gasteiger partial charge in [0.25, 0.3) is 10.0 Å². The zero-order chi connectivity index (χ0) is 18.6. The van der Waals surface area contributed by atoms with E-state index in [2.05, 4.69) is 34.1 Å². The minimum Gasteiger partial charge on any atom is -0.340 e. The van der Waals surface area contributed by atoms with Crippen LogP contribution in [0.15, 0.2) is 71.8 Å². The van der Waals surface area contributed by atoms with Crippen LogP contribution in [0.4, 0.5) is 17.2 Å². The van der Waals surface area contributed by atoms with Crippen molar-refractivity contribution in [1.29, 1.82) is 0 Å². The summed E-state index contributed by atoms with van der Waals surface area (Å²) in [5, 5.41) is 3.54. The number of aryl methyl sites for hydroxylation is 1. The smallest absolute Gasteiger partial charge is 0.261 e. The number of hydrogen-bond acceptors (Lipinski definition) is 4. The molecule has 0 atom stereocenters. The van der Waals surface area contributed by atoms with Crippen LogP contribution >= 0.6 is 11.6 Å². The second-order valence-corrected chi connectivity index (χ2v) is 7.79. The lowest BCUT2D eigenvalue weighted by atomic mass is 10.1. The lowest BCUT2D eigenvalue weighted by Crippen LogP contribution is -2.13. The van der Waals surface area contributed by atoms with Gasteiger partial charge in [0.15, 0.2) is 0 Å².